The van der Waals surface area contributed by atoms with E-state index in [2.05, 4.69) is 4.98 Å². The second-order valence-electron chi connectivity index (χ2n) is 5.42. The van der Waals surface area contributed by atoms with E-state index in [0.717, 1.165) is 30.6 Å². The molecule has 3 rings (SSSR count). The van der Waals surface area contributed by atoms with Crippen LogP contribution >= 0.6 is 12.2 Å². The first-order valence-corrected chi connectivity index (χ1v) is 6.91. The summed E-state index contributed by atoms with van der Waals surface area (Å²) < 4.78 is 21.3. The first-order valence-electron chi connectivity index (χ1n) is 6.51. The third-order valence-corrected chi connectivity index (χ3v) is 4.35. The number of halogens is 1. The van der Waals surface area contributed by atoms with Crippen molar-refractivity contribution in [1.82, 2.24) is 9.55 Å². The van der Waals surface area contributed by atoms with Crippen LogP contribution in [-0.4, -0.2) is 23.3 Å². The summed E-state index contributed by atoms with van der Waals surface area (Å²) in [5, 5.41) is 0. The molecule has 5 heteroatoms. The molecule has 0 unspecified atom stereocenters. The highest BCUT2D eigenvalue weighted by Gasteiger charge is 2.42. The van der Waals surface area contributed by atoms with Crippen molar-refractivity contribution in [2.45, 2.75) is 25.8 Å². The maximum atomic E-state index is 13.4. The van der Waals surface area contributed by atoms with Gasteiger partial charge in [0.05, 0.1) is 11.0 Å². The molecule has 1 aliphatic rings. The van der Waals surface area contributed by atoms with Gasteiger partial charge in [0.15, 0.2) is 4.77 Å². The van der Waals surface area contributed by atoms with E-state index in [-0.39, 0.29) is 11.2 Å². The summed E-state index contributed by atoms with van der Waals surface area (Å²) in [6.07, 6.45) is 3.42. The van der Waals surface area contributed by atoms with Crippen LogP contribution in [0.15, 0.2) is 18.2 Å². The molecule has 1 saturated carbocycles. The Bertz CT molecular complexity index is 657. The Kier molecular flexibility index (Phi) is 3.19. The zero-order valence-corrected chi connectivity index (χ0v) is 11.7. The lowest BCUT2D eigenvalue weighted by molar-refractivity contribution is 0.167. The summed E-state index contributed by atoms with van der Waals surface area (Å²) in [5.41, 5.74) is 2.04. The molecule has 0 atom stereocenters. The quantitative estimate of drug-likeness (QED) is 0.847. The SMILES string of the molecule is COCCC1(Cn2c(=S)[nH]c3ccc(F)cc32)CC1. The highest BCUT2D eigenvalue weighted by molar-refractivity contribution is 7.71. The summed E-state index contributed by atoms with van der Waals surface area (Å²) >= 11 is 5.36. The van der Waals surface area contributed by atoms with E-state index in [1.807, 2.05) is 4.57 Å². The van der Waals surface area contributed by atoms with Crippen LogP contribution in [0, 0.1) is 16.0 Å². The predicted octanol–water partition coefficient (Wildman–Crippen LogP) is 3.65. The highest BCUT2D eigenvalue weighted by atomic mass is 32.1. The minimum atomic E-state index is -0.225. The fourth-order valence-electron chi connectivity index (χ4n) is 2.60. The third kappa shape index (κ3) is 2.44. The summed E-state index contributed by atoms with van der Waals surface area (Å²) in [6, 6.07) is 4.75. The fraction of sp³-hybridized carbons (Fsp3) is 0.500. The summed E-state index contributed by atoms with van der Waals surface area (Å²) in [4.78, 5) is 3.14. The zero-order valence-electron chi connectivity index (χ0n) is 10.9. The molecule has 0 saturated heterocycles. The maximum Gasteiger partial charge on any atom is 0.178 e. The van der Waals surface area contributed by atoms with Gasteiger partial charge in [-0.2, -0.15) is 0 Å². The van der Waals surface area contributed by atoms with Crippen molar-refractivity contribution in [2.75, 3.05) is 13.7 Å². The van der Waals surface area contributed by atoms with Crippen molar-refractivity contribution in [2.24, 2.45) is 5.41 Å². The summed E-state index contributed by atoms with van der Waals surface area (Å²) in [7, 11) is 1.73. The molecule has 102 valence electrons. The van der Waals surface area contributed by atoms with Gasteiger partial charge in [-0.15, -0.1) is 0 Å². The molecule has 2 aromatic rings. The van der Waals surface area contributed by atoms with Gasteiger partial charge in [0, 0.05) is 20.3 Å². The molecule has 1 N–H and O–H groups in total. The molecule has 1 aromatic heterocycles. The van der Waals surface area contributed by atoms with Crippen molar-refractivity contribution in [3.63, 3.8) is 0 Å². The molecule has 0 amide bonds. The standard InChI is InChI=1S/C14H17FN2OS/c1-18-7-6-14(4-5-14)9-17-12-8-10(15)2-3-11(12)16-13(17)19/h2-3,8H,4-7,9H2,1H3,(H,16,19). The minimum absolute atomic E-state index is 0.225. The number of methoxy groups -OCH3 is 1. The average Bonchev–Trinajstić information content (AvgIpc) is 3.09. The Labute approximate surface area is 116 Å². The molecule has 1 fully saturated rings. The van der Waals surface area contributed by atoms with Crippen LogP contribution in [0.3, 0.4) is 0 Å². The number of imidazole rings is 1. The highest BCUT2D eigenvalue weighted by Crippen LogP contribution is 2.50. The lowest BCUT2D eigenvalue weighted by Gasteiger charge is -2.16. The topological polar surface area (TPSA) is 29.9 Å². The van der Waals surface area contributed by atoms with Gasteiger partial charge in [0.25, 0.3) is 0 Å². The van der Waals surface area contributed by atoms with Crippen LogP contribution in [0.2, 0.25) is 0 Å². The van der Waals surface area contributed by atoms with E-state index in [0.29, 0.717) is 4.77 Å². The molecule has 0 radical (unpaired) electrons. The number of H-pyrrole nitrogens is 1. The lowest BCUT2D eigenvalue weighted by Crippen LogP contribution is -2.14. The second kappa shape index (κ2) is 4.72. The average molecular weight is 280 g/mol. The van der Waals surface area contributed by atoms with E-state index < -0.39 is 0 Å². The number of hydrogen-bond donors (Lipinski definition) is 1. The molecule has 1 heterocycles. The number of rotatable bonds is 5. The first-order chi connectivity index (χ1) is 9.13. The fourth-order valence-corrected chi connectivity index (χ4v) is 2.87. The van der Waals surface area contributed by atoms with Crippen LogP contribution in [0.25, 0.3) is 11.0 Å². The number of aromatic amines is 1. The van der Waals surface area contributed by atoms with Crippen LogP contribution in [0.4, 0.5) is 4.39 Å². The monoisotopic (exact) mass is 280 g/mol. The number of nitrogens with one attached hydrogen (secondary N) is 1. The van der Waals surface area contributed by atoms with Crippen molar-refractivity contribution in [1.29, 1.82) is 0 Å². The number of benzene rings is 1. The Hall–Kier alpha value is -1.20. The zero-order chi connectivity index (χ0) is 13.5. The van der Waals surface area contributed by atoms with E-state index in [9.17, 15) is 4.39 Å². The van der Waals surface area contributed by atoms with Crippen molar-refractivity contribution >= 4 is 23.3 Å². The predicted molar refractivity (Wildman–Crippen MR) is 75.2 cm³/mol. The molecule has 1 aromatic carbocycles. The van der Waals surface area contributed by atoms with Gasteiger partial charge >= 0.3 is 0 Å². The Morgan fingerprint density at radius 2 is 2.26 bits per heavy atom. The van der Waals surface area contributed by atoms with E-state index in [4.69, 9.17) is 17.0 Å². The van der Waals surface area contributed by atoms with Crippen LogP contribution in [-0.2, 0) is 11.3 Å². The van der Waals surface area contributed by atoms with Crippen LogP contribution in [0.1, 0.15) is 19.3 Å². The third-order valence-electron chi connectivity index (χ3n) is 4.02. The molecule has 0 spiro atoms. The van der Waals surface area contributed by atoms with Crippen LogP contribution < -0.4 is 0 Å². The van der Waals surface area contributed by atoms with Gasteiger partial charge in [0.1, 0.15) is 5.82 Å². The van der Waals surface area contributed by atoms with E-state index >= 15 is 0 Å². The van der Waals surface area contributed by atoms with Gasteiger partial charge < -0.3 is 14.3 Å². The molecule has 19 heavy (non-hydrogen) atoms. The van der Waals surface area contributed by atoms with Crippen molar-refractivity contribution < 1.29 is 9.13 Å². The first kappa shape index (κ1) is 12.8. The molecular formula is C14H17FN2OS. The van der Waals surface area contributed by atoms with Gasteiger partial charge in [-0.25, -0.2) is 4.39 Å². The molecule has 0 bridgehead atoms. The van der Waals surface area contributed by atoms with E-state index in [1.54, 1.807) is 19.2 Å². The summed E-state index contributed by atoms with van der Waals surface area (Å²) in [6.45, 7) is 1.61. The van der Waals surface area contributed by atoms with Gasteiger partial charge in [-0.05, 0) is 55.1 Å². The number of fused-ring (bicyclic) bond motifs is 1. The Morgan fingerprint density at radius 1 is 1.47 bits per heavy atom. The lowest BCUT2D eigenvalue weighted by atomic mass is 10.0. The Balaban J connectivity index is 1.94. The number of aromatic nitrogens is 2. The van der Waals surface area contributed by atoms with Gasteiger partial charge in [-0.3, -0.25) is 0 Å². The largest absolute Gasteiger partial charge is 0.385 e. The molecule has 0 aliphatic heterocycles. The number of hydrogen-bond acceptors (Lipinski definition) is 2. The number of ether oxygens (including phenoxy) is 1. The smallest absolute Gasteiger partial charge is 0.178 e. The summed E-state index contributed by atoms with van der Waals surface area (Å²) in [5.74, 6) is -0.225. The minimum Gasteiger partial charge on any atom is -0.385 e. The molecule has 1 aliphatic carbocycles. The van der Waals surface area contributed by atoms with E-state index in [1.165, 1.54) is 18.9 Å². The van der Waals surface area contributed by atoms with Crippen molar-refractivity contribution in [3.8, 4) is 0 Å². The Morgan fingerprint density at radius 3 is 2.95 bits per heavy atom. The maximum absolute atomic E-state index is 13.4. The normalized spacial score (nSPS) is 16.9. The van der Waals surface area contributed by atoms with Crippen molar-refractivity contribution in [3.05, 3.63) is 28.8 Å². The number of nitrogens with zero attached hydrogens (tertiary/aromatic N) is 1. The van der Waals surface area contributed by atoms with Gasteiger partial charge in [0.2, 0.25) is 0 Å². The molecule has 3 nitrogen and oxygen atoms in total. The molecular weight excluding hydrogens is 263 g/mol. The van der Waals surface area contributed by atoms with Gasteiger partial charge in [-0.1, -0.05) is 0 Å². The second-order valence-corrected chi connectivity index (χ2v) is 5.81. The van der Waals surface area contributed by atoms with Crippen LogP contribution in [0.5, 0.6) is 0 Å².